The highest BCUT2D eigenvalue weighted by molar-refractivity contribution is 5.73. The van der Waals surface area contributed by atoms with E-state index in [9.17, 15) is 23.1 Å². The molecule has 1 aromatic carbocycles. The van der Waals surface area contributed by atoms with Gasteiger partial charge in [-0.1, -0.05) is 32.0 Å². The molecule has 3 heterocycles. The van der Waals surface area contributed by atoms with E-state index in [-0.39, 0.29) is 16.5 Å². The molecule has 0 bridgehead atoms. The van der Waals surface area contributed by atoms with E-state index in [1.165, 1.54) is 23.0 Å². The average Bonchev–Trinajstić information content (AvgIpc) is 3.18. The van der Waals surface area contributed by atoms with E-state index in [1.54, 1.807) is 32.0 Å². The molecule has 0 saturated heterocycles. The van der Waals surface area contributed by atoms with Crippen molar-refractivity contribution in [1.82, 2.24) is 9.55 Å². The van der Waals surface area contributed by atoms with E-state index in [2.05, 4.69) is 4.98 Å². The summed E-state index contributed by atoms with van der Waals surface area (Å²) in [6, 6.07) is 9.67. The third-order valence-corrected chi connectivity index (χ3v) is 5.87. The number of nitrogens with zero attached hydrogens (tertiary/aromatic N) is 2. The van der Waals surface area contributed by atoms with Crippen LogP contribution in [0.3, 0.4) is 0 Å². The predicted octanol–water partition coefficient (Wildman–Crippen LogP) is 3.99. The monoisotopic (exact) mass is 432 g/mol. The first-order chi connectivity index (χ1) is 14.5. The summed E-state index contributed by atoms with van der Waals surface area (Å²) in [4.78, 5) is 16.0. The molecule has 8 heteroatoms. The first kappa shape index (κ1) is 21.4. The van der Waals surface area contributed by atoms with Gasteiger partial charge in [0, 0.05) is 30.4 Å². The number of aromatic nitrogens is 2. The van der Waals surface area contributed by atoms with Gasteiger partial charge in [-0.25, -0.2) is 0 Å². The van der Waals surface area contributed by atoms with Crippen molar-refractivity contribution < 1.29 is 23.0 Å². The molecule has 0 aliphatic carbocycles. The highest BCUT2D eigenvalue weighted by atomic mass is 19.4. The van der Waals surface area contributed by atoms with Gasteiger partial charge >= 0.3 is 6.18 Å². The molecular formula is C23H23F3N2O3. The molecule has 0 fully saturated rings. The van der Waals surface area contributed by atoms with Gasteiger partial charge in [0.05, 0.1) is 18.7 Å². The number of pyridine rings is 2. The fraction of sp³-hybridized carbons (Fsp3) is 0.391. The van der Waals surface area contributed by atoms with Gasteiger partial charge < -0.3 is 14.4 Å². The van der Waals surface area contributed by atoms with Crippen LogP contribution in [-0.4, -0.2) is 33.0 Å². The summed E-state index contributed by atoms with van der Waals surface area (Å²) in [6.07, 6.45) is -2.11. The number of hydrogen-bond donors (Lipinski definition) is 1. The molecule has 1 aliphatic rings. The van der Waals surface area contributed by atoms with Crippen molar-refractivity contribution in [3.05, 3.63) is 70.1 Å². The number of para-hydroxylation sites is 1. The summed E-state index contributed by atoms with van der Waals surface area (Å²) in [7, 11) is 0. The summed E-state index contributed by atoms with van der Waals surface area (Å²) in [5, 5.41) is 11.0. The Morgan fingerprint density at radius 1 is 1.16 bits per heavy atom. The zero-order chi connectivity index (χ0) is 22.4. The van der Waals surface area contributed by atoms with Gasteiger partial charge in [-0.05, 0) is 29.5 Å². The highest BCUT2D eigenvalue weighted by Crippen LogP contribution is 2.46. The summed E-state index contributed by atoms with van der Waals surface area (Å²) < 4.78 is 49.6. The molecule has 4 rings (SSSR count). The number of fused-ring (bicyclic) bond motifs is 2. The fourth-order valence-electron chi connectivity index (χ4n) is 4.38. The number of ether oxygens (including phenoxy) is 1. The van der Waals surface area contributed by atoms with Crippen LogP contribution >= 0.6 is 0 Å². The standard InChI is InChI=1S/C23H23F3N2O3/c1-21(2,16-6-3-5-15-9-12-31-20(15)16)13-22(30,23(24,25)26)14-28-11-8-18(29)19-17(28)7-4-10-27-19/h3-8,10-11,30H,9,12-14H2,1-2H3. The smallest absolute Gasteiger partial charge is 0.418 e. The van der Waals surface area contributed by atoms with Gasteiger partial charge in [0.1, 0.15) is 11.3 Å². The number of hydrogen-bond acceptors (Lipinski definition) is 4. The molecule has 2 aromatic heterocycles. The van der Waals surface area contributed by atoms with Crippen LogP contribution in [-0.2, 0) is 18.4 Å². The number of benzene rings is 1. The fourth-order valence-corrected chi connectivity index (χ4v) is 4.38. The van der Waals surface area contributed by atoms with E-state index >= 15 is 0 Å². The molecule has 1 aliphatic heterocycles. The largest absolute Gasteiger partial charge is 0.493 e. The minimum absolute atomic E-state index is 0.0584. The van der Waals surface area contributed by atoms with Crippen LogP contribution in [0.15, 0.2) is 53.6 Å². The second kappa shape index (κ2) is 7.37. The molecule has 3 aromatic rings. The van der Waals surface area contributed by atoms with E-state index in [1.807, 2.05) is 6.07 Å². The molecular weight excluding hydrogens is 409 g/mol. The SMILES string of the molecule is CC(C)(CC(O)(Cn1ccc(=O)c2ncccc21)C(F)(F)F)c1cccc2c1OCC2. The molecule has 5 nitrogen and oxygen atoms in total. The Labute approximate surface area is 177 Å². The molecule has 1 atom stereocenters. The zero-order valence-corrected chi connectivity index (χ0v) is 17.2. The van der Waals surface area contributed by atoms with Crippen LogP contribution in [0, 0.1) is 0 Å². The molecule has 164 valence electrons. The minimum atomic E-state index is -4.90. The Kier molecular flexibility index (Phi) is 5.08. The van der Waals surface area contributed by atoms with Crippen molar-refractivity contribution in [3.8, 4) is 5.75 Å². The Morgan fingerprint density at radius 3 is 2.68 bits per heavy atom. The molecule has 0 spiro atoms. The lowest BCUT2D eigenvalue weighted by molar-refractivity contribution is -0.271. The second-order valence-corrected chi connectivity index (χ2v) is 8.66. The molecule has 0 saturated carbocycles. The lowest BCUT2D eigenvalue weighted by Crippen LogP contribution is -2.52. The summed E-state index contributed by atoms with van der Waals surface area (Å²) in [5.74, 6) is 0.607. The van der Waals surface area contributed by atoms with Crippen LogP contribution < -0.4 is 10.2 Å². The lowest BCUT2D eigenvalue weighted by atomic mass is 9.74. The lowest BCUT2D eigenvalue weighted by Gasteiger charge is -2.39. The summed E-state index contributed by atoms with van der Waals surface area (Å²) >= 11 is 0. The van der Waals surface area contributed by atoms with Crippen LogP contribution in [0.4, 0.5) is 13.2 Å². The Morgan fingerprint density at radius 2 is 1.94 bits per heavy atom. The molecule has 1 N–H and O–H groups in total. The van der Waals surface area contributed by atoms with Gasteiger partial charge in [-0.3, -0.25) is 9.78 Å². The molecule has 0 amide bonds. The van der Waals surface area contributed by atoms with Crippen LogP contribution in [0.2, 0.25) is 0 Å². The number of alkyl halides is 3. The third kappa shape index (κ3) is 3.80. The maximum absolute atomic E-state index is 14.2. The first-order valence-corrected chi connectivity index (χ1v) is 10.0. The Balaban J connectivity index is 1.76. The van der Waals surface area contributed by atoms with Crippen LogP contribution in [0.1, 0.15) is 31.4 Å². The maximum Gasteiger partial charge on any atom is 0.418 e. The quantitative estimate of drug-likeness (QED) is 0.662. The summed E-state index contributed by atoms with van der Waals surface area (Å²) in [5.41, 5.74) is -2.58. The van der Waals surface area contributed by atoms with Crippen molar-refractivity contribution in [1.29, 1.82) is 0 Å². The summed E-state index contributed by atoms with van der Waals surface area (Å²) in [6.45, 7) is 3.07. The normalized spacial score (nSPS) is 16.1. The number of aliphatic hydroxyl groups is 1. The van der Waals surface area contributed by atoms with E-state index < -0.39 is 30.2 Å². The molecule has 1 unspecified atom stereocenters. The van der Waals surface area contributed by atoms with E-state index in [0.29, 0.717) is 24.3 Å². The van der Waals surface area contributed by atoms with Gasteiger partial charge in [-0.15, -0.1) is 0 Å². The third-order valence-electron chi connectivity index (χ3n) is 5.87. The Bertz CT molecular complexity index is 1190. The van der Waals surface area contributed by atoms with Gasteiger partial charge in [-0.2, -0.15) is 13.2 Å². The second-order valence-electron chi connectivity index (χ2n) is 8.66. The van der Waals surface area contributed by atoms with E-state index in [4.69, 9.17) is 4.74 Å². The van der Waals surface area contributed by atoms with E-state index in [0.717, 1.165) is 11.6 Å². The zero-order valence-electron chi connectivity index (χ0n) is 17.2. The van der Waals surface area contributed by atoms with Gasteiger partial charge in [0.2, 0.25) is 5.43 Å². The van der Waals surface area contributed by atoms with Gasteiger partial charge in [0.25, 0.3) is 0 Å². The first-order valence-electron chi connectivity index (χ1n) is 10.0. The molecule has 0 radical (unpaired) electrons. The highest BCUT2D eigenvalue weighted by Gasteiger charge is 2.56. The van der Waals surface area contributed by atoms with Crippen molar-refractivity contribution in [2.24, 2.45) is 0 Å². The number of rotatable bonds is 5. The van der Waals surface area contributed by atoms with Crippen molar-refractivity contribution in [2.45, 2.75) is 50.4 Å². The minimum Gasteiger partial charge on any atom is -0.493 e. The molecule has 31 heavy (non-hydrogen) atoms. The van der Waals surface area contributed by atoms with Crippen molar-refractivity contribution in [2.75, 3.05) is 6.61 Å². The van der Waals surface area contributed by atoms with Crippen molar-refractivity contribution in [3.63, 3.8) is 0 Å². The maximum atomic E-state index is 14.2. The number of halogens is 3. The Hall–Kier alpha value is -2.87. The van der Waals surface area contributed by atoms with Crippen molar-refractivity contribution >= 4 is 11.0 Å². The average molecular weight is 432 g/mol. The topological polar surface area (TPSA) is 64.4 Å². The van der Waals surface area contributed by atoms with Crippen LogP contribution in [0.25, 0.3) is 11.0 Å². The predicted molar refractivity (Wildman–Crippen MR) is 110 cm³/mol. The van der Waals surface area contributed by atoms with Crippen LogP contribution in [0.5, 0.6) is 5.75 Å². The van der Waals surface area contributed by atoms with Gasteiger partial charge in [0.15, 0.2) is 5.60 Å².